The van der Waals surface area contributed by atoms with Crippen LogP contribution in [-0.4, -0.2) is 37.3 Å². The highest BCUT2D eigenvalue weighted by Crippen LogP contribution is 2.59. The van der Waals surface area contributed by atoms with Crippen LogP contribution in [0.4, 0.5) is 10.2 Å². The molecule has 3 saturated carbocycles. The van der Waals surface area contributed by atoms with Crippen LogP contribution in [0.3, 0.4) is 0 Å². The summed E-state index contributed by atoms with van der Waals surface area (Å²) >= 11 is 0. The molecule has 0 unspecified atom stereocenters. The fourth-order valence-corrected chi connectivity index (χ4v) is 5.71. The lowest BCUT2D eigenvalue weighted by Crippen LogP contribution is -2.45. The zero-order valence-corrected chi connectivity index (χ0v) is 20.2. The van der Waals surface area contributed by atoms with Gasteiger partial charge < -0.3 is 15.7 Å². The molecule has 0 atom stereocenters. The van der Waals surface area contributed by atoms with Crippen molar-refractivity contribution in [3.05, 3.63) is 59.5 Å². The molecular formula is C26H31FN6O2. The van der Waals surface area contributed by atoms with Crippen molar-refractivity contribution >= 4 is 22.8 Å². The maximum atomic E-state index is 13.5. The first kappa shape index (κ1) is 23.3. The van der Waals surface area contributed by atoms with Crippen LogP contribution in [0.15, 0.2) is 36.9 Å². The highest BCUT2D eigenvalue weighted by molar-refractivity contribution is 6.05. The number of halogens is 1. The van der Waals surface area contributed by atoms with E-state index < -0.39 is 0 Å². The molecule has 0 saturated heterocycles. The van der Waals surface area contributed by atoms with Crippen molar-refractivity contribution in [1.29, 1.82) is 0 Å². The zero-order chi connectivity index (χ0) is 24.8. The standard InChI is InChI=1S/C26H31FN6O2/c1-16-12-18(4-5-19(16)27)13-28-24(35)21-22-20(30-15-31-21)23(32-33(22)3)29-14-25-6-9-26(10-7-25,11-8-25)17(2)34/h4-5,12,15,34H,2,6-11,13-14H2,1,3H3,(H,28,35)(H,29,32). The summed E-state index contributed by atoms with van der Waals surface area (Å²) in [7, 11) is 1.78. The lowest BCUT2D eigenvalue weighted by molar-refractivity contribution is -0.000339. The minimum atomic E-state index is -0.340. The van der Waals surface area contributed by atoms with Gasteiger partial charge in [0.1, 0.15) is 23.2 Å². The van der Waals surface area contributed by atoms with Gasteiger partial charge in [0.05, 0.1) is 5.76 Å². The van der Waals surface area contributed by atoms with E-state index in [1.54, 1.807) is 30.8 Å². The Morgan fingerprint density at radius 2 is 1.91 bits per heavy atom. The number of fused-ring (bicyclic) bond motifs is 4. The van der Waals surface area contributed by atoms with Gasteiger partial charge in [0, 0.05) is 25.6 Å². The van der Waals surface area contributed by atoms with Gasteiger partial charge in [0.25, 0.3) is 5.91 Å². The molecule has 184 valence electrons. The Kier molecular flexibility index (Phi) is 5.73. The number of aromatic nitrogens is 4. The topological polar surface area (TPSA) is 105 Å². The SMILES string of the molecule is C=C(O)C12CCC(CNc3nn(C)c4c(C(=O)NCc5ccc(F)c(C)c5)ncnc34)(CC1)CC2. The van der Waals surface area contributed by atoms with E-state index in [0.29, 0.717) is 28.2 Å². The summed E-state index contributed by atoms with van der Waals surface area (Å²) in [5, 5.41) is 21.0. The largest absolute Gasteiger partial charge is 0.512 e. The fourth-order valence-electron chi connectivity index (χ4n) is 5.71. The molecule has 3 fully saturated rings. The van der Waals surface area contributed by atoms with Gasteiger partial charge in [-0.05, 0) is 68.1 Å². The molecule has 2 heterocycles. The van der Waals surface area contributed by atoms with Gasteiger partial charge in [-0.2, -0.15) is 5.10 Å². The van der Waals surface area contributed by atoms with Gasteiger partial charge in [-0.15, -0.1) is 0 Å². The summed E-state index contributed by atoms with van der Waals surface area (Å²) in [6, 6.07) is 4.77. The van der Waals surface area contributed by atoms with Crippen LogP contribution >= 0.6 is 0 Å². The molecule has 9 heteroatoms. The third-order valence-electron chi connectivity index (χ3n) is 8.16. The summed E-state index contributed by atoms with van der Waals surface area (Å²) in [6.07, 6.45) is 7.39. The van der Waals surface area contributed by atoms with Gasteiger partial charge in [-0.25, -0.2) is 14.4 Å². The predicted octanol–water partition coefficient (Wildman–Crippen LogP) is 4.57. The number of rotatable bonds is 7. The fraction of sp³-hybridized carbons (Fsp3) is 0.462. The molecule has 6 rings (SSSR count). The Morgan fingerprint density at radius 1 is 1.20 bits per heavy atom. The van der Waals surface area contributed by atoms with E-state index >= 15 is 0 Å². The van der Waals surface area contributed by atoms with E-state index in [4.69, 9.17) is 0 Å². The molecule has 0 aliphatic heterocycles. The lowest BCUT2D eigenvalue weighted by atomic mass is 9.53. The number of carbonyl (C=O) groups is 1. The first-order valence-electron chi connectivity index (χ1n) is 12.1. The Hall–Kier alpha value is -3.49. The normalized spacial score (nSPS) is 23.4. The van der Waals surface area contributed by atoms with Gasteiger partial charge >= 0.3 is 0 Å². The summed E-state index contributed by atoms with van der Waals surface area (Å²) in [5.41, 5.74) is 2.82. The van der Waals surface area contributed by atoms with Crippen molar-refractivity contribution < 1.29 is 14.3 Å². The van der Waals surface area contributed by atoms with E-state index in [2.05, 4.69) is 32.3 Å². The maximum Gasteiger partial charge on any atom is 0.272 e. The number of aliphatic hydroxyl groups is 1. The number of nitrogens with one attached hydrogen (secondary N) is 2. The number of benzene rings is 1. The minimum absolute atomic E-state index is 0.0957. The van der Waals surface area contributed by atoms with Crippen LogP contribution in [-0.2, 0) is 13.6 Å². The van der Waals surface area contributed by atoms with Crippen LogP contribution < -0.4 is 10.6 Å². The second-order valence-electron chi connectivity index (χ2n) is 10.2. The van der Waals surface area contributed by atoms with Crippen LogP contribution in [0, 0.1) is 23.6 Å². The molecular weight excluding hydrogens is 447 g/mol. The summed E-state index contributed by atoms with van der Waals surface area (Å²) in [6.45, 7) is 6.55. The molecule has 1 aromatic carbocycles. The third kappa shape index (κ3) is 4.13. The van der Waals surface area contributed by atoms with Gasteiger partial charge in [0.15, 0.2) is 11.5 Å². The Bertz CT molecular complexity index is 1290. The number of nitrogens with zero attached hydrogens (tertiary/aromatic N) is 4. The average molecular weight is 479 g/mol. The van der Waals surface area contributed by atoms with Crippen molar-refractivity contribution in [1.82, 2.24) is 25.1 Å². The minimum Gasteiger partial charge on any atom is -0.512 e. The van der Waals surface area contributed by atoms with Crippen molar-refractivity contribution in [2.75, 3.05) is 11.9 Å². The average Bonchev–Trinajstić information content (AvgIpc) is 3.20. The van der Waals surface area contributed by atoms with Crippen molar-refractivity contribution in [2.45, 2.75) is 52.0 Å². The second kappa shape index (κ2) is 8.62. The quantitative estimate of drug-likeness (QED) is 0.430. The number of aliphatic hydroxyl groups excluding tert-OH is 1. The summed E-state index contributed by atoms with van der Waals surface area (Å²) in [5.74, 6) is 0.363. The summed E-state index contributed by atoms with van der Waals surface area (Å²) < 4.78 is 15.2. The highest BCUT2D eigenvalue weighted by atomic mass is 19.1. The highest BCUT2D eigenvalue weighted by Gasteiger charge is 2.50. The molecule has 0 radical (unpaired) electrons. The van der Waals surface area contributed by atoms with Crippen LogP contribution in [0.1, 0.15) is 60.1 Å². The number of aryl methyl sites for hydroxylation is 2. The molecule has 2 bridgehead atoms. The summed E-state index contributed by atoms with van der Waals surface area (Å²) in [4.78, 5) is 21.6. The molecule has 3 aliphatic carbocycles. The lowest BCUT2D eigenvalue weighted by Gasteiger charge is -2.53. The van der Waals surface area contributed by atoms with Crippen molar-refractivity contribution in [3.63, 3.8) is 0 Å². The zero-order valence-electron chi connectivity index (χ0n) is 20.2. The van der Waals surface area contributed by atoms with E-state index in [1.165, 1.54) is 12.4 Å². The molecule has 3 N–H and O–H groups in total. The molecule has 35 heavy (non-hydrogen) atoms. The molecule has 0 spiro atoms. The maximum absolute atomic E-state index is 13.5. The number of hydrogen-bond acceptors (Lipinski definition) is 6. The van der Waals surface area contributed by atoms with Crippen LogP contribution in [0.5, 0.6) is 0 Å². The van der Waals surface area contributed by atoms with E-state index in [9.17, 15) is 14.3 Å². The Balaban J connectivity index is 1.31. The van der Waals surface area contributed by atoms with Crippen molar-refractivity contribution in [2.24, 2.45) is 17.9 Å². The second-order valence-corrected chi connectivity index (χ2v) is 10.2. The van der Waals surface area contributed by atoms with Crippen LogP contribution in [0.2, 0.25) is 0 Å². The first-order valence-corrected chi connectivity index (χ1v) is 12.1. The van der Waals surface area contributed by atoms with Crippen LogP contribution in [0.25, 0.3) is 11.0 Å². The van der Waals surface area contributed by atoms with E-state index in [1.807, 2.05) is 0 Å². The number of allylic oxidation sites excluding steroid dienone is 1. The van der Waals surface area contributed by atoms with Gasteiger partial charge in [-0.3, -0.25) is 9.48 Å². The number of carbonyl (C=O) groups excluding carboxylic acids is 1. The molecule has 3 aromatic rings. The third-order valence-corrected chi connectivity index (χ3v) is 8.16. The smallest absolute Gasteiger partial charge is 0.272 e. The van der Waals surface area contributed by atoms with Gasteiger partial charge in [0.2, 0.25) is 0 Å². The number of amides is 1. The predicted molar refractivity (Wildman–Crippen MR) is 131 cm³/mol. The van der Waals surface area contributed by atoms with E-state index in [0.717, 1.165) is 50.6 Å². The Morgan fingerprint density at radius 3 is 2.57 bits per heavy atom. The molecule has 3 aliphatic rings. The Labute approximate surface area is 203 Å². The number of hydrogen-bond donors (Lipinski definition) is 3. The van der Waals surface area contributed by atoms with Gasteiger partial charge in [-0.1, -0.05) is 18.7 Å². The van der Waals surface area contributed by atoms with Crippen molar-refractivity contribution in [3.8, 4) is 0 Å². The van der Waals surface area contributed by atoms with E-state index in [-0.39, 0.29) is 34.8 Å². The molecule has 1 amide bonds. The monoisotopic (exact) mass is 478 g/mol. The number of anilines is 1. The molecule has 8 nitrogen and oxygen atoms in total. The first-order chi connectivity index (χ1) is 16.7. The molecule has 2 aromatic heterocycles.